The molecule has 0 N–H and O–H groups in total. The summed E-state index contributed by atoms with van der Waals surface area (Å²) in [7, 11) is -2.21. The number of benzene rings is 2. The maximum absolute atomic E-state index is 13.1. The van der Waals surface area contributed by atoms with Crippen molar-refractivity contribution in [2.75, 3.05) is 26.8 Å². The summed E-state index contributed by atoms with van der Waals surface area (Å²) in [5.74, 6) is 0.231. The molecule has 188 valence electrons. The molecule has 1 aromatic heterocycles. The van der Waals surface area contributed by atoms with Crippen molar-refractivity contribution >= 4 is 38.8 Å². The predicted octanol–water partition coefficient (Wildman–Crippen LogP) is 4.32. The molecule has 1 fully saturated rings. The lowest BCUT2D eigenvalue weighted by Crippen LogP contribution is -2.30. The fourth-order valence-electron chi connectivity index (χ4n) is 4.29. The van der Waals surface area contributed by atoms with Crippen LogP contribution in [-0.4, -0.2) is 61.2 Å². The lowest BCUT2D eigenvalue weighted by molar-refractivity contribution is 0.0600. The zero-order valence-electron chi connectivity index (χ0n) is 20.3. The predicted molar refractivity (Wildman–Crippen MR) is 136 cm³/mol. The third-order valence-electron chi connectivity index (χ3n) is 6.15. The van der Waals surface area contributed by atoms with Crippen LogP contribution in [-0.2, 0) is 31.8 Å². The summed E-state index contributed by atoms with van der Waals surface area (Å²) in [6, 6.07) is 12.5. The van der Waals surface area contributed by atoms with Crippen molar-refractivity contribution in [1.29, 1.82) is 0 Å². The first-order chi connectivity index (χ1) is 16.9. The molecule has 0 radical (unpaired) electrons. The van der Waals surface area contributed by atoms with Gasteiger partial charge in [-0.1, -0.05) is 37.7 Å². The fraction of sp³-hybridized carbons (Fsp3) is 0.440. The normalized spacial score (nSPS) is 16.3. The van der Waals surface area contributed by atoms with Crippen molar-refractivity contribution in [1.82, 2.24) is 13.9 Å². The molecule has 10 heteroatoms. The zero-order chi connectivity index (χ0) is 25.0. The average molecular weight is 518 g/mol. The summed E-state index contributed by atoms with van der Waals surface area (Å²) >= 11 is 1.55. The average Bonchev–Trinajstić information content (AvgIpc) is 3.51. The first-order valence-corrected chi connectivity index (χ1v) is 14.2. The molecule has 1 aliphatic heterocycles. The lowest BCUT2D eigenvalue weighted by Gasteiger charge is -2.18. The van der Waals surface area contributed by atoms with Crippen LogP contribution < -0.4 is 0 Å². The van der Waals surface area contributed by atoms with Crippen molar-refractivity contribution in [2.45, 2.75) is 55.1 Å². The monoisotopic (exact) mass is 517 g/mol. The molecule has 1 atom stereocenters. The molecule has 1 saturated heterocycles. The molecule has 0 unspecified atom stereocenters. The summed E-state index contributed by atoms with van der Waals surface area (Å²) in [6.07, 6.45) is 2.12. The van der Waals surface area contributed by atoms with E-state index in [1.807, 2.05) is 38.1 Å². The highest BCUT2D eigenvalue weighted by atomic mass is 32.2. The number of nitrogens with zero attached hydrogens (tertiary/aromatic N) is 3. The molecule has 0 aliphatic carbocycles. The summed E-state index contributed by atoms with van der Waals surface area (Å²) < 4.78 is 40.4. The van der Waals surface area contributed by atoms with Crippen LogP contribution in [0.3, 0.4) is 0 Å². The van der Waals surface area contributed by atoms with E-state index in [1.54, 1.807) is 30.0 Å². The Labute approximate surface area is 210 Å². The molecule has 35 heavy (non-hydrogen) atoms. The van der Waals surface area contributed by atoms with E-state index in [4.69, 9.17) is 14.5 Å². The molecule has 2 heterocycles. The Bertz CT molecular complexity index is 1300. The molecular formula is C25H31N3O5S2. The van der Waals surface area contributed by atoms with Crippen LogP contribution in [0.2, 0.25) is 0 Å². The number of esters is 1. The van der Waals surface area contributed by atoms with Gasteiger partial charge in [0.25, 0.3) is 0 Å². The highest BCUT2D eigenvalue weighted by Gasteiger charge is 2.24. The number of aromatic nitrogens is 2. The molecule has 2 aromatic carbocycles. The second kappa shape index (κ2) is 11.1. The largest absolute Gasteiger partial charge is 0.465 e. The molecule has 4 rings (SSSR count). The number of ether oxygens (including phenoxy) is 2. The van der Waals surface area contributed by atoms with Crippen LogP contribution in [0, 0.1) is 0 Å². The van der Waals surface area contributed by atoms with Crippen molar-refractivity contribution in [3.63, 3.8) is 0 Å². The van der Waals surface area contributed by atoms with Crippen molar-refractivity contribution < 1.29 is 22.7 Å². The van der Waals surface area contributed by atoms with Gasteiger partial charge in [0.15, 0.2) is 5.16 Å². The van der Waals surface area contributed by atoms with Crippen molar-refractivity contribution in [3.8, 4) is 0 Å². The number of methoxy groups -OCH3 is 1. The number of imidazole rings is 1. The second-order valence-corrected chi connectivity index (χ2v) is 11.2. The van der Waals surface area contributed by atoms with Crippen LogP contribution in [0.1, 0.15) is 42.6 Å². The number of rotatable bonds is 10. The molecule has 0 bridgehead atoms. The van der Waals surface area contributed by atoms with E-state index in [0.717, 1.165) is 35.7 Å². The zero-order valence-corrected chi connectivity index (χ0v) is 21.9. The Morgan fingerprint density at radius 2 is 2.03 bits per heavy atom. The number of thioether (sulfide) groups is 1. The van der Waals surface area contributed by atoms with Gasteiger partial charge in [0.1, 0.15) is 0 Å². The summed E-state index contributed by atoms with van der Waals surface area (Å²) in [6.45, 7) is 5.90. The smallest absolute Gasteiger partial charge is 0.337 e. The molecule has 8 nitrogen and oxygen atoms in total. The molecule has 0 saturated carbocycles. The van der Waals surface area contributed by atoms with Crippen LogP contribution in [0.15, 0.2) is 52.5 Å². The van der Waals surface area contributed by atoms with Gasteiger partial charge in [0.2, 0.25) is 10.0 Å². The maximum Gasteiger partial charge on any atom is 0.337 e. The van der Waals surface area contributed by atoms with E-state index in [2.05, 4.69) is 4.57 Å². The fourth-order valence-corrected chi connectivity index (χ4v) is 6.74. The highest BCUT2D eigenvalue weighted by Crippen LogP contribution is 2.31. The minimum Gasteiger partial charge on any atom is -0.465 e. The first-order valence-electron chi connectivity index (χ1n) is 11.8. The summed E-state index contributed by atoms with van der Waals surface area (Å²) in [4.78, 5) is 17.0. The topological polar surface area (TPSA) is 90.7 Å². The minimum atomic E-state index is -3.58. The molecular weight excluding hydrogens is 486 g/mol. The van der Waals surface area contributed by atoms with E-state index < -0.39 is 10.0 Å². The minimum absolute atomic E-state index is 0.105. The van der Waals surface area contributed by atoms with Gasteiger partial charge in [0, 0.05) is 25.4 Å². The number of hydrogen-bond donors (Lipinski definition) is 0. The van der Waals surface area contributed by atoms with E-state index in [0.29, 0.717) is 36.5 Å². The van der Waals surface area contributed by atoms with Gasteiger partial charge in [-0.2, -0.15) is 4.31 Å². The number of fused-ring (bicyclic) bond motifs is 1. The Hall–Kier alpha value is -2.40. The van der Waals surface area contributed by atoms with Crippen LogP contribution in [0.25, 0.3) is 11.0 Å². The highest BCUT2D eigenvalue weighted by molar-refractivity contribution is 7.98. The molecule has 1 aliphatic rings. The van der Waals surface area contributed by atoms with Gasteiger partial charge in [0.05, 0.1) is 41.3 Å². The Morgan fingerprint density at radius 3 is 2.71 bits per heavy atom. The summed E-state index contributed by atoms with van der Waals surface area (Å²) in [5.41, 5.74) is 3.00. The quantitative estimate of drug-likeness (QED) is 0.292. The first kappa shape index (κ1) is 25.7. The van der Waals surface area contributed by atoms with Crippen LogP contribution in [0.5, 0.6) is 0 Å². The van der Waals surface area contributed by atoms with Gasteiger partial charge in [-0.15, -0.1) is 0 Å². The Kier molecular flexibility index (Phi) is 8.16. The van der Waals surface area contributed by atoms with Gasteiger partial charge in [-0.3, -0.25) is 0 Å². The van der Waals surface area contributed by atoms with E-state index >= 15 is 0 Å². The van der Waals surface area contributed by atoms with E-state index in [9.17, 15) is 13.2 Å². The number of sulfonamides is 1. The number of carbonyl (C=O) groups excluding carboxylic acids is 1. The lowest BCUT2D eigenvalue weighted by atomic mass is 10.1. The van der Waals surface area contributed by atoms with Gasteiger partial charge < -0.3 is 14.0 Å². The Morgan fingerprint density at radius 1 is 1.23 bits per heavy atom. The third-order valence-corrected chi connectivity index (χ3v) is 9.25. The van der Waals surface area contributed by atoms with Crippen molar-refractivity contribution in [3.05, 3.63) is 53.6 Å². The van der Waals surface area contributed by atoms with Crippen LogP contribution in [0.4, 0.5) is 0 Å². The maximum atomic E-state index is 13.1. The van der Waals surface area contributed by atoms with Gasteiger partial charge in [-0.25, -0.2) is 18.2 Å². The van der Waals surface area contributed by atoms with E-state index in [-0.39, 0.29) is 17.0 Å². The van der Waals surface area contributed by atoms with Crippen molar-refractivity contribution in [2.24, 2.45) is 0 Å². The Balaban J connectivity index is 1.67. The van der Waals surface area contributed by atoms with E-state index in [1.165, 1.54) is 11.4 Å². The van der Waals surface area contributed by atoms with Gasteiger partial charge >= 0.3 is 5.97 Å². The van der Waals surface area contributed by atoms with Gasteiger partial charge in [-0.05, 0) is 48.7 Å². The standard InChI is InChI=1S/C25H31N3O5S2/c1-4-27(5-2)35(30,31)21-11-12-23-22(15-21)26-25(28(23)16-20-10-7-13-33-20)34-17-18-8-6-9-19(14-18)24(29)32-3/h6,8-9,11-12,14-15,20H,4-5,7,10,13,16-17H2,1-3H3/t20-/m1/s1. The summed E-state index contributed by atoms with van der Waals surface area (Å²) in [5, 5.41) is 0.788. The third kappa shape index (κ3) is 5.55. The molecule has 3 aromatic rings. The number of hydrogen-bond acceptors (Lipinski definition) is 7. The molecule has 0 spiro atoms. The second-order valence-electron chi connectivity index (χ2n) is 8.36. The molecule has 0 amide bonds. The number of carbonyl (C=O) groups is 1. The SMILES string of the molecule is CCN(CC)S(=O)(=O)c1ccc2c(c1)nc(SCc1cccc(C(=O)OC)c1)n2C[C@H]1CCCO1. The van der Waals surface area contributed by atoms with Crippen LogP contribution >= 0.6 is 11.8 Å².